The number of rotatable bonds is 7. The Labute approximate surface area is 131 Å². The summed E-state index contributed by atoms with van der Waals surface area (Å²) in [4.78, 5) is 15.9. The van der Waals surface area contributed by atoms with Crippen LogP contribution in [0.3, 0.4) is 0 Å². The SMILES string of the molecule is O=C(CCc1nc(-c2ccoc2)no1)NCC(O)c1ccco1. The van der Waals surface area contributed by atoms with E-state index < -0.39 is 6.10 Å². The Hall–Kier alpha value is -2.87. The lowest BCUT2D eigenvalue weighted by molar-refractivity contribution is -0.121. The Bertz CT molecular complexity index is 733. The number of carbonyl (C=O) groups excluding carboxylic acids is 1. The van der Waals surface area contributed by atoms with E-state index in [2.05, 4.69) is 15.5 Å². The molecule has 0 saturated heterocycles. The fourth-order valence-electron chi connectivity index (χ4n) is 1.97. The average Bonchev–Trinajstić information content (AvgIpc) is 3.32. The fourth-order valence-corrected chi connectivity index (χ4v) is 1.97. The molecule has 120 valence electrons. The highest BCUT2D eigenvalue weighted by Gasteiger charge is 2.14. The van der Waals surface area contributed by atoms with Gasteiger partial charge in [-0.05, 0) is 18.2 Å². The number of furan rings is 2. The molecule has 0 fully saturated rings. The number of hydrogen-bond donors (Lipinski definition) is 2. The number of nitrogens with one attached hydrogen (secondary N) is 1. The molecule has 0 aliphatic rings. The molecule has 8 heteroatoms. The standard InChI is InChI=1S/C15H15N3O5/c19-11(12-2-1-6-22-12)8-16-13(20)3-4-14-17-15(18-23-14)10-5-7-21-9-10/h1-2,5-7,9,11,19H,3-4,8H2,(H,16,20). The van der Waals surface area contributed by atoms with Crippen molar-refractivity contribution in [3.63, 3.8) is 0 Å². The van der Waals surface area contributed by atoms with E-state index in [4.69, 9.17) is 13.4 Å². The number of nitrogens with zero attached hydrogens (tertiary/aromatic N) is 2. The molecule has 0 spiro atoms. The molecule has 2 N–H and O–H groups in total. The molecular formula is C15H15N3O5. The third-order valence-corrected chi connectivity index (χ3v) is 3.18. The summed E-state index contributed by atoms with van der Waals surface area (Å²) in [6.07, 6.45) is 4.12. The van der Waals surface area contributed by atoms with Crippen molar-refractivity contribution in [2.75, 3.05) is 6.54 Å². The summed E-state index contributed by atoms with van der Waals surface area (Å²) in [6.45, 7) is 0.0798. The van der Waals surface area contributed by atoms with Crippen LogP contribution >= 0.6 is 0 Å². The van der Waals surface area contributed by atoms with Gasteiger partial charge in [-0.25, -0.2) is 0 Å². The summed E-state index contributed by atoms with van der Waals surface area (Å²) in [5, 5.41) is 16.2. The maximum Gasteiger partial charge on any atom is 0.227 e. The smallest absolute Gasteiger partial charge is 0.227 e. The van der Waals surface area contributed by atoms with Crippen molar-refractivity contribution in [3.8, 4) is 11.4 Å². The third-order valence-electron chi connectivity index (χ3n) is 3.18. The molecule has 0 radical (unpaired) electrons. The largest absolute Gasteiger partial charge is 0.472 e. The molecule has 1 unspecified atom stereocenters. The normalized spacial score (nSPS) is 12.2. The first-order chi connectivity index (χ1) is 11.2. The van der Waals surface area contributed by atoms with Gasteiger partial charge in [-0.2, -0.15) is 4.98 Å². The second-order valence-electron chi connectivity index (χ2n) is 4.86. The predicted octanol–water partition coefficient (Wildman–Crippen LogP) is 1.70. The van der Waals surface area contributed by atoms with Gasteiger partial charge in [0.2, 0.25) is 17.6 Å². The van der Waals surface area contributed by atoms with Crippen LogP contribution in [0.15, 0.2) is 50.3 Å². The van der Waals surface area contributed by atoms with Crippen LogP contribution in [-0.4, -0.2) is 27.7 Å². The van der Waals surface area contributed by atoms with Crippen LogP contribution < -0.4 is 5.32 Å². The molecule has 3 rings (SSSR count). The van der Waals surface area contributed by atoms with Crippen LogP contribution in [0.25, 0.3) is 11.4 Å². The van der Waals surface area contributed by atoms with Crippen LogP contribution in [-0.2, 0) is 11.2 Å². The predicted molar refractivity (Wildman–Crippen MR) is 77.0 cm³/mol. The average molecular weight is 317 g/mol. The van der Waals surface area contributed by atoms with Gasteiger partial charge in [-0.3, -0.25) is 4.79 Å². The van der Waals surface area contributed by atoms with Gasteiger partial charge < -0.3 is 23.8 Å². The minimum atomic E-state index is -0.870. The zero-order valence-corrected chi connectivity index (χ0v) is 12.1. The van der Waals surface area contributed by atoms with E-state index in [0.29, 0.717) is 29.5 Å². The highest BCUT2D eigenvalue weighted by Crippen LogP contribution is 2.16. The van der Waals surface area contributed by atoms with Crippen molar-refractivity contribution >= 4 is 5.91 Å². The summed E-state index contributed by atoms with van der Waals surface area (Å²) < 4.78 is 15.1. The van der Waals surface area contributed by atoms with Gasteiger partial charge in [-0.1, -0.05) is 5.16 Å². The molecular weight excluding hydrogens is 302 g/mol. The van der Waals surface area contributed by atoms with Crippen LogP contribution in [0.4, 0.5) is 0 Å². The topological polar surface area (TPSA) is 115 Å². The van der Waals surface area contributed by atoms with Crippen LogP contribution in [0.1, 0.15) is 24.2 Å². The lowest BCUT2D eigenvalue weighted by Crippen LogP contribution is -2.28. The Balaban J connectivity index is 1.44. The fraction of sp³-hybridized carbons (Fsp3) is 0.267. The number of amides is 1. The first kappa shape index (κ1) is 15.0. The maximum absolute atomic E-state index is 11.8. The van der Waals surface area contributed by atoms with Gasteiger partial charge in [0.05, 0.1) is 24.6 Å². The quantitative estimate of drug-likeness (QED) is 0.681. The van der Waals surface area contributed by atoms with Crippen molar-refractivity contribution in [1.29, 1.82) is 0 Å². The van der Waals surface area contributed by atoms with Gasteiger partial charge in [0.1, 0.15) is 18.1 Å². The molecule has 3 heterocycles. The number of aliphatic hydroxyl groups is 1. The first-order valence-electron chi connectivity index (χ1n) is 7.05. The monoisotopic (exact) mass is 317 g/mol. The van der Waals surface area contributed by atoms with E-state index in [1.165, 1.54) is 18.8 Å². The van der Waals surface area contributed by atoms with Gasteiger partial charge >= 0.3 is 0 Å². The van der Waals surface area contributed by atoms with Crippen LogP contribution in [0.2, 0.25) is 0 Å². The lowest BCUT2D eigenvalue weighted by atomic mass is 10.2. The Kier molecular flexibility index (Phi) is 4.53. The molecule has 0 saturated carbocycles. The summed E-state index contributed by atoms with van der Waals surface area (Å²) in [5.74, 6) is 0.968. The zero-order chi connectivity index (χ0) is 16.1. The minimum Gasteiger partial charge on any atom is -0.472 e. The Morgan fingerprint density at radius 1 is 1.35 bits per heavy atom. The summed E-state index contributed by atoms with van der Waals surface area (Å²) in [7, 11) is 0. The number of aromatic nitrogens is 2. The highest BCUT2D eigenvalue weighted by atomic mass is 16.5. The first-order valence-corrected chi connectivity index (χ1v) is 7.05. The number of hydrogen-bond acceptors (Lipinski definition) is 7. The van der Waals surface area contributed by atoms with Gasteiger partial charge in [-0.15, -0.1) is 0 Å². The molecule has 0 bridgehead atoms. The summed E-state index contributed by atoms with van der Waals surface area (Å²) in [6, 6.07) is 5.04. The second-order valence-corrected chi connectivity index (χ2v) is 4.86. The molecule has 0 aromatic carbocycles. The van der Waals surface area contributed by atoms with Crippen LogP contribution in [0.5, 0.6) is 0 Å². The second kappa shape index (κ2) is 6.93. The van der Waals surface area contributed by atoms with E-state index >= 15 is 0 Å². The highest BCUT2D eigenvalue weighted by molar-refractivity contribution is 5.76. The molecule has 3 aromatic rings. The Morgan fingerprint density at radius 2 is 2.26 bits per heavy atom. The van der Waals surface area contributed by atoms with Crippen molar-refractivity contribution < 1.29 is 23.3 Å². The van der Waals surface area contributed by atoms with Crippen molar-refractivity contribution in [2.45, 2.75) is 18.9 Å². The van der Waals surface area contributed by atoms with E-state index in [1.54, 1.807) is 18.2 Å². The van der Waals surface area contributed by atoms with E-state index in [9.17, 15) is 9.90 Å². The van der Waals surface area contributed by atoms with Gasteiger partial charge in [0.25, 0.3) is 0 Å². The van der Waals surface area contributed by atoms with E-state index in [0.717, 1.165) is 0 Å². The zero-order valence-electron chi connectivity index (χ0n) is 12.1. The van der Waals surface area contributed by atoms with E-state index in [-0.39, 0.29) is 18.9 Å². The van der Waals surface area contributed by atoms with Gasteiger partial charge in [0.15, 0.2) is 0 Å². The summed E-state index contributed by atoms with van der Waals surface area (Å²) >= 11 is 0. The van der Waals surface area contributed by atoms with Crippen LogP contribution in [0, 0.1) is 0 Å². The molecule has 0 aliphatic heterocycles. The number of aryl methyl sites for hydroxylation is 1. The number of aliphatic hydroxyl groups excluding tert-OH is 1. The van der Waals surface area contributed by atoms with Gasteiger partial charge in [0, 0.05) is 12.8 Å². The minimum absolute atomic E-state index is 0.0798. The maximum atomic E-state index is 11.8. The molecule has 8 nitrogen and oxygen atoms in total. The Morgan fingerprint density at radius 3 is 3.00 bits per heavy atom. The number of carbonyl (C=O) groups is 1. The molecule has 23 heavy (non-hydrogen) atoms. The van der Waals surface area contributed by atoms with E-state index in [1.807, 2.05) is 0 Å². The van der Waals surface area contributed by atoms with Crippen molar-refractivity contribution in [2.24, 2.45) is 0 Å². The molecule has 1 atom stereocenters. The van der Waals surface area contributed by atoms with Crippen molar-refractivity contribution in [1.82, 2.24) is 15.5 Å². The molecule has 3 aromatic heterocycles. The molecule has 1 amide bonds. The molecule has 0 aliphatic carbocycles. The van der Waals surface area contributed by atoms with Crippen molar-refractivity contribution in [3.05, 3.63) is 48.6 Å². The lowest BCUT2D eigenvalue weighted by Gasteiger charge is -2.08. The third kappa shape index (κ3) is 3.86. The summed E-state index contributed by atoms with van der Waals surface area (Å²) in [5.41, 5.74) is 0.714.